The van der Waals surface area contributed by atoms with Gasteiger partial charge in [0.05, 0.1) is 0 Å². The quantitative estimate of drug-likeness (QED) is 0.781. The van der Waals surface area contributed by atoms with Crippen molar-refractivity contribution in [3.8, 4) is 0 Å². The number of nitrogens with zero attached hydrogens (tertiary/aromatic N) is 3. The maximum absolute atomic E-state index is 12.7. The van der Waals surface area contributed by atoms with Crippen molar-refractivity contribution < 1.29 is 14.4 Å². The van der Waals surface area contributed by atoms with E-state index in [2.05, 4.69) is 10.2 Å². The van der Waals surface area contributed by atoms with Crippen molar-refractivity contribution in [1.82, 2.24) is 15.1 Å². The Hall–Kier alpha value is -2.28. The molecule has 0 aromatic heterocycles. The average molecular weight is 405 g/mol. The van der Waals surface area contributed by atoms with Gasteiger partial charge in [0.15, 0.2) is 0 Å². The predicted octanol–water partition coefficient (Wildman–Crippen LogP) is 2.24. The monoisotopic (exact) mass is 404 g/mol. The molecule has 1 spiro atoms. The first-order valence-electron chi connectivity index (χ1n) is 9.91. The number of halogens is 1. The number of urea groups is 1. The van der Waals surface area contributed by atoms with Crippen molar-refractivity contribution in [1.29, 1.82) is 0 Å². The summed E-state index contributed by atoms with van der Waals surface area (Å²) in [7, 11) is 0. The van der Waals surface area contributed by atoms with Gasteiger partial charge in [-0.3, -0.25) is 14.5 Å². The van der Waals surface area contributed by atoms with Crippen molar-refractivity contribution in [2.24, 2.45) is 0 Å². The highest BCUT2D eigenvalue weighted by Gasteiger charge is 2.52. The summed E-state index contributed by atoms with van der Waals surface area (Å²) in [6.07, 6.45) is 3.48. The molecule has 3 fully saturated rings. The molecule has 8 heteroatoms. The van der Waals surface area contributed by atoms with Crippen LogP contribution in [0.5, 0.6) is 0 Å². The van der Waals surface area contributed by atoms with E-state index in [0.29, 0.717) is 31.0 Å². The number of benzene rings is 1. The molecule has 2 saturated heterocycles. The lowest BCUT2D eigenvalue weighted by Crippen LogP contribution is -2.49. The highest BCUT2D eigenvalue weighted by molar-refractivity contribution is 6.30. The summed E-state index contributed by atoms with van der Waals surface area (Å²) < 4.78 is 0. The Morgan fingerprint density at radius 3 is 2.50 bits per heavy atom. The number of piperazine rings is 1. The van der Waals surface area contributed by atoms with Crippen LogP contribution in [-0.2, 0) is 9.59 Å². The Morgan fingerprint density at radius 2 is 1.82 bits per heavy atom. The van der Waals surface area contributed by atoms with Gasteiger partial charge in [-0.25, -0.2) is 4.79 Å². The van der Waals surface area contributed by atoms with E-state index in [9.17, 15) is 14.4 Å². The lowest BCUT2D eigenvalue weighted by atomic mass is 9.98. The molecule has 28 heavy (non-hydrogen) atoms. The maximum Gasteiger partial charge on any atom is 0.325 e. The smallest absolute Gasteiger partial charge is 0.325 e. The van der Waals surface area contributed by atoms with Crippen LogP contribution in [-0.4, -0.2) is 65.9 Å². The molecule has 4 rings (SSSR count). The van der Waals surface area contributed by atoms with Crippen LogP contribution in [0, 0.1) is 0 Å². The number of amides is 4. The van der Waals surface area contributed by atoms with E-state index in [0.717, 1.165) is 31.6 Å². The van der Waals surface area contributed by atoms with Crippen LogP contribution in [0.2, 0.25) is 5.02 Å². The molecule has 1 saturated carbocycles. The number of rotatable bonds is 4. The van der Waals surface area contributed by atoms with Gasteiger partial charge in [0, 0.05) is 49.9 Å². The average Bonchev–Trinajstić information content (AvgIpc) is 3.25. The standard InChI is InChI=1S/C20H25ClN4O3/c21-15-4-3-5-16(14-15)23-10-12-24(13-11-23)17(26)6-9-25-18(27)20(22-19(25)28)7-1-2-8-20/h3-5,14H,1-2,6-13H2,(H,22,28). The molecule has 0 atom stereocenters. The molecule has 1 aliphatic carbocycles. The van der Waals surface area contributed by atoms with Crippen LogP contribution in [0.15, 0.2) is 24.3 Å². The maximum atomic E-state index is 12.7. The largest absolute Gasteiger partial charge is 0.368 e. The van der Waals surface area contributed by atoms with Crippen LogP contribution in [0.25, 0.3) is 0 Å². The molecule has 2 aliphatic heterocycles. The van der Waals surface area contributed by atoms with Crippen molar-refractivity contribution in [2.75, 3.05) is 37.6 Å². The summed E-state index contributed by atoms with van der Waals surface area (Å²) in [4.78, 5) is 42.7. The highest BCUT2D eigenvalue weighted by atomic mass is 35.5. The highest BCUT2D eigenvalue weighted by Crippen LogP contribution is 2.35. The van der Waals surface area contributed by atoms with E-state index in [1.165, 1.54) is 4.90 Å². The molecule has 0 radical (unpaired) electrons. The fraction of sp³-hybridized carbons (Fsp3) is 0.550. The van der Waals surface area contributed by atoms with Gasteiger partial charge in [0.2, 0.25) is 5.91 Å². The SMILES string of the molecule is O=C(CCN1C(=O)NC2(CCCC2)C1=O)N1CCN(c2cccc(Cl)c2)CC1. The van der Waals surface area contributed by atoms with Crippen molar-refractivity contribution in [3.63, 3.8) is 0 Å². The van der Waals surface area contributed by atoms with Crippen LogP contribution in [0.4, 0.5) is 10.5 Å². The van der Waals surface area contributed by atoms with E-state index in [1.807, 2.05) is 29.2 Å². The summed E-state index contributed by atoms with van der Waals surface area (Å²) in [5.41, 5.74) is 0.351. The zero-order valence-corrected chi connectivity index (χ0v) is 16.6. The summed E-state index contributed by atoms with van der Waals surface area (Å²) in [6, 6.07) is 7.35. The third-order valence-corrected chi connectivity index (χ3v) is 6.29. The molecule has 1 N–H and O–H groups in total. The van der Waals surface area contributed by atoms with E-state index >= 15 is 0 Å². The molecule has 1 aromatic carbocycles. The van der Waals surface area contributed by atoms with Crippen molar-refractivity contribution >= 4 is 35.1 Å². The topological polar surface area (TPSA) is 73.0 Å². The lowest BCUT2D eigenvalue weighted by molar-refractivity contribution is -0.133. The second kappa shape index (κ2) is 7.62. The molecule has 150 valence electrons. The lowest BCUT2D eigenvalue weighted by Gasteiger charge is -2.36. The van der Waals surface area contributed by atoms with Gasteiger partial charge in [0.25, 0.3) is 5.91 Å². The van der Waals surface area contributed by atoms with Gasteiger partial charge in [-0.1, -0.05) is 30.5 Å². The minimum atomic E-state index is -0.706. The van der Waals surface area contributed by atoms with Gasteiger partial charge in [-0.2, -0.15) is 0 Å². The zero-order chi connectivity index (χ0) is 19.7. The fourth-order valence-corrected chi connectivity index (χ4v) is 4.63. The van der Waals surface area contributed by atoms with E-state index in [1.54, 1.807) is 0 Å². The summed E-state index contributed by atoms with van der Waals surface area (Å²) in [5.74, 6) is -0.174. The Balaban J connectivity index is 1.28. The van der Waals surface area contributed by atoms with E-state index in [-0.39, 0.29) is 30.8 Å². The Morgan fingerprint density at radius 1 is 1.11 bits per heavy atom. The third kappa shape index (κ3) is 3.55. The number of anilines is 1. The predicted molar refractivity (Wildman–Crippen MR) is 106 cm³/mol. The first-order chi connectivity index (χ1) is 13.5. The minimum absolute atomic E-state index is 0.0151. The molecule has 3 aliphatic rings. The van der Waals surface area contributed by atoms with Gasteiger partial charge in [-0.15, -0.1) is 0 Å². The normalized spacial score (nSPS) is 21.5. The van der Waals surface area contributed by atoms with Gasteiger partial charge in [0.1, 0.15) is 5.54 Å². The minimum Gasteiger partial charge on any atom is -0.368 e. The molecule has 7 nitrogen and oxygen atoms in total. The van der Waals surface area contributed by atoms with Gasteiger partial charge in [-0.05, 0) is 31.0 Å². The number of carbonyl (C=O) groups is 3. The number of nitrogens with one attached hydrogen (secondary N) is 1. The third-order valence-electron chi connectivity index (χ3n) is 6.06. The second-order valence-electron chi connectivity index (χ2n) is 7.77. The molecule has 0 bridgehead atoms. The first-order valence-corrected chi connectivity index (χ1v) is 10.3. The summed E-state index contributed by atoms with van der Waals surface area (Å²) in [5, 5.41) is 3.55. The molecular formula is C20H25ClN4O3. The van der Waals surface area contributed by atoms with Crippen molar-refractivity contribution in [3.05, 3.63) is 29.3 Å². The number of carbonyl (C=O) groups excluding carboxylic acids is 3. The summed E-state index contributed by atoms with van der Waals surface area (Å²) in [6.45, 7) is 2.86. The van der Waals surface area contributed by atoms with Crippen LogP contribution in [0.1, 0.15) is 32.1 Å². The van der Waals surface area contributed by atoms with Crippen molar-refractivity contribution in [2.45, 2.75) is 37.6 Å². The van der Waals surface area contributed by atoms with Gasteiger partial charge >= 0.3 is 6.03 Å². The molecule has 0 unspecified atom stereocenters. The van der Waals surface area contributed by atoms with Gasteiger partial charge < -0.3 is 15.1 Å². The Kier molecular flexibility index (Phi) is 5.19. The first kappa shape index (κ1) is 19.1. The molecule has 4 amide bonds. The fourth-order valence-electron chi connectivity index (χ4n) is 4.45. The van der Waals surface area contributed by atoms with E-state index in [4.69, 9.17) is 11.6 Å². The van der Waals surface area contributed by atoms with Crippen LogP contribution in [0.3, 0.4) is 0 Å². The zero-order valence-electron chi connectivity index (χ0n) is 15.8. The number of hydrogen-bond donors (Lipinski definition) is 1. The van der Waals surface area contributed by atoms with Crippen LogP contribution >= 0.6 is 11.6 Å². The molecule has 2 heterocycles. The molecular weight excluding hydrogens is 380 g/mol. The van der Waals surface area contributed by atoms with Crippen LogP contribution < -0.4 is 10.2 Å². The summed E-state index contributed by atoms with van der Waals surface area (Å²) >= 11 is 6.06. The Labute approximate surface area is 169 Å². The number of hydrogen-bond acceptors (Lipinski definition) is 4. The second-order valence-corrected chi connectivity index (χ2v) is 8.21. The Bertz CT molecular complexity index is 785. The molecule has 1 aromatic rings. The number of imide groups is 1. The van der Waals surface area contributed by atoms with E-state index < -0.39 is 5.54 Å².